The summed E-state index contributed by atoms with van der Waals surface area (Å²) in [6.07, 6.45) is 0.993. The van der Waals surface area contributed by atoms with Crippen LogP contribution in [0.2, 0.25) is 0 Å². The summed E-state index contributed by atoms with van der Waals surface area (Å²) in [4.78, 5) is 11.9. The summed E-state index contributed by atoms with van der Waals surface area (Å²) in [5.74, 6) is 2.29. The van der Waals surface area contributed by atoms with Gasteiger partial charge >= 0.3 is 0 Å². The number of hydrogen-bond acceptors (Lipinski definition) is 4. The van der Waals surface area contributed by atoms with Gasteiger partial charge in [0, 0.05) is 17.9 Å². The number of aromatic hydroxyl groups is 1. The Hall–Kier alpha value is -1.36. The van der Waals surface area contributed by atoms with Crippen LogP contribution in [0.15, 0.2) is 18.2 Å². The zero-order valence-corrected chi connectivity index (χ0v) is 10.4. The van der Waals surface area contributed by atoms with Gasteiger partial charge in [-0.25, -0.2) is 0 Å². The van der Waals surface area contributed by atoms with Crippen LogP contribution >= 0.6 is 11.8 Å². The zero-order valence-electron chi connectivity index (χ0n) is 9.60. The lowest BCUT2D eigenvalue weighted by Gasteiger charge is -2.12. The van der Waals surface area contributed by atoms with E-state index in [9.17, 15) is 9.90 Å². The highest BCUT2D eigenvalue weighted by Crippen LogP contribution is 2.24. The fraction of sp³-hybridized carbons (Fsp3) is 0.417. The number of rotatable bonds is 3. The minimum absolute atomic E-state index is 0.0486. The van der Waals surface area contributed by atoms with Crippen LogP contribution in [-0.2, 0) is 0 Å². The molecule has 1 fully saturated rings. The number of nitrogens with one attached hydrogen (secondary N) is 1. The maximum Gasteiger partial charge on any atom is 0.255 e. The monoisotopic (exact) mass is 253 g/mol. The summed E-state index contributed by atoms with van der Waals surface area (Å²) in [5, 5.41) is 12.6. The van der Waals surface area contributed by atoms with Crippen LogP contribution in [0.3, 0.4) is 0 Å². The number of phenols is 1. The SMILES string of the molecule is COc1ccc(C(=O)NC2CCSC2)c(O)c1. The first-order chi connectivity index (χ1) is 8.20. The molecule has 2 N–H and O–H groups in total. The molecule has 5 heteroatoms. The van der Waals surface area contributed by atoms with E-state index in [-0.39, 0.29) is 17.7 Å². The van der Waals surface area contributed by atoms with Gasteiger partial charge in [0.15, 0.2) is 0 Å². The molecule has 4 nitrogen and oxygen atoms in total. The molecule has 0 bridgehead atoms. The Morgan fingerprint density at radius 1 is 1.59 bits per heavy atom. The molecular formula is C12H15NO3S. The molecule has 92 valence electrons. The summed E-state index contributed by atoms with van der Waals surface area (Å²) < 4.78 is 4.97. The second-order valence-electron chi connectivity index (χ2n) is 3.92. The molecule has 0 aromatic heterocycles. The van der Waals surface area contributed by atoms with Crippen LogP contribution in [0, 0.1) is 0 Å². The van der Waals surface area contributed by atoms with E-state index < -0.39 is 0 Å². The van der Waals surface area contributed by atoms with Gasteiger partial charge in [0.2, 0.25) is 0 Å². The summed E-state index contributed by atoms with van der Waals surface area (Å²) in [5.41, 5.74) is 0.294. The molecule has 1 atom stereocenters. The van der Waals surface area contributed by atoms with Crippen molar-refractivity contribution < 1.29 is 14.6 Å². The van der Waals surface area contributed by atoms with Crippen LogP contribution < -0.4 is 10.1 Å². The van der Waals surface area contributed by atoms with Gasteiger partial charge in [-0.05, 0) is 24.3 Å². The van der Waals surface area contributed by atoms with Crippen LogP contribution in [0.1, 0.15) is 16.8 Å². The minimum atomic E-state index is -0.224. The molecule has 1 aliphatic heterocycles. The van der Waals surface area contributed by atoms with E-state index in [1.54, 1.807) is 12.1 Å². The highest BCUT2D eigenvalue weighted by atomic mass is 32.2. The molecule has 1 aromatic carbocycles. The van der Waals surface area contributed by atoms with Gasteiger partial charge in [-0.15, -0.1) is 0 Å². The van der Waals surface area contributed by atoms with E-state index in [0.717, 1.165) is 17.9 Å². The van der Waals surface area contributed by atoms with E-state index in [4.69, 9.17) is 4.74 Å². The lowest BCUT2D eigenvalue weighted by atomic mass is 10.1. The van der Waals surface area contributed by atoms with E-state index >= 15 is 0 Å². The normalized spacial score (nSPS) is 19.0. The smallest absolute Gasteiger partial charge is 0.255 e. The highest BCUT2D eigenvalue weighted by Gasteiger charge is 2.20. The van der Waals surface area contributed by atoms with Crippen molar-refractivity contribution >= 4 is 17.7 Å². The van der Waals surface area contributed by atoms with Gasteiger partial charge in [0.05, 0.1) is 12.7 Å². The average molecular weight is 253 g/mol. The number of hydrogen-bond donors (Lipinski definition) is 2. The summed E-state index contributed by atoms with van der Waals surface area (Å²) in [7, 11) is 1.52. The predicted molar refractivity (Wildman–Crippen MR) is 67.9 cm³/mol. The number of methoxy groups -OCH3 is 1. The first-order valence-electron chi connectivity index (χ1n) is 5.46. The third-order valence-corrected chi connectivity index (χ3v) is 3.88. The first-order valence-corrected chi connectivity index (χ1v) is 6.62. The molecule has 1 saturated heterocycles. The Morgan fingerprint density at radius 2 is 2.41 bits per heavy atom. The van der Waals surface area contributed by atoms with Gasteiger partial charge in [0.25, 0.3) is 5.91 Å². The first kappa shape index (κ1) is 12.1. The van der Waals surface area contributed by atoms with E-state index in [0.29, 0.717) is 11.3 Å². The Labute approximate surface area is 104 Å². The number of thioether (sulfide) groups is 1. The van der Waals surface area contributed by atoms with Crippen LogP contribution in [0.4, 0.5) is 0 Å². The van der Waals surface area contributed by atoms with Gasteiger partial charge in [-0.2, -0.15) is 11.8 Å². The highest BCUT2D eigenvalue weighted by molar-refractivity contribution is 7.99. The molecule has 1 aromatic rings. The number of amides is 1. The van der Waals surface area contributed by atoms with Gasteiger partial charge in [0.1, 0.15) is 11.5 Å². The zero-order chi connectivity index (χ0) is 12.3. The Kier molecular flexibility index (Phi) is 3.78. The molecule has 17 heavy (non-hydrogen) atoms. The molecular weight excluding hydrogens is 238 g/mol. The Bertz CT molecular complexity index is 416. The molecule has 0 spiro atoms. The van der Waals surface area contributed by atoms with Crippen LogP contribution in [0.25, 0.3) is 0 Å². The van der Waals surface area contributed by atoms with Crippen molar-refractivity contribution in [3.05, 3.63) is 23.8 Å². The molecule has 2 rings (SSSR count). The quantitative estimate of drug-likeness (QED) is 0.859. The number of benzene rings is 1. The van der Waals surface area contributed by atoms with E-state index in [1.165, 1.54) is 13.2 Å². The second-order valence-corrected chi connectivity index (χ2v) is 5.07. The van der Waals surface area contributed by atoms with E-state index in [2.05, 4.69) is 5.32 Å². The largest absolute Gasteiger partial charge is 0.507 e. The summed E-state index contributed by atoms with van der Waals surface area (Å²) in [6.45, 7) is 0. The van der Waals surface area contributed by atoms with Crippen molar-refractivity contribution in [1.82, 2.24) is 5.32 Å². The average Bonchev–Trinajstić information content (AvgIpc) is 2.81. The second kappa shape index (κ2) is 5.31. The maximum atomic E-state index is 11.9. The topological polar surface area (TPSA) is 58.6 Å². The number of ether oxygens (including phenoxy) is 1. The third kappa shape index (κ3) is 2.85. The minimum Gasteiger partial charge on any atom is -0.507 e. The van der Waals surface area contributed by atoms with Crippen LogP contribution in [0.5, 0.6) is 11.5 Å². The maximum absolute atomic E-state index is 11.9. The number of phenolic OH excluding ortho intramolecular Hbond substituents is 1. The lowest BCUT2D eigenvalue weighted by molar-refractivity contribution is 0.0938. The standard InChI is InChI=1S/C12H15NO3S/c1-16-9-2-3-10(11(14)6-9)12(15)13-8-4-5-17-7-8/h2-3,6,8,14H,4-5,7H2,1H3,(H,13,15). The third-order valence-electron chi connectivity index (χ3n) is 2.71. The van der Waals surface area contributed by atoms with Crippen molar-refractivity contribution in [2.75, 3.05) is 18.6 Å². The van der Waals surface area contributed by atoms with Gasteiger partial charge < -0.3 is 15.2 Å². The molecule has 1 heterocycles. The van der Waals surface area contributed by atoms with Crippen LogP contribution in [-0.4, -0.2) is 35.7 Å². The Morgan fingerprint density at radius 3 is 3.00 bits per heavy atom. The molecule has 1 unspecified atom stereocenters. The summed E-state index contributed by atoms with van der Waals surface area (Å²) in [6, 6.07) is 4.90. The molecule has 1 amide bonds. The van der Waals surface area contributed by atoms with Crippen molar-refractivity contribution in [2.24, 2.45) is 0 Å². The predicted octanol–water partition coefficient (Wildman–Crippen LogP) is 1.64. The summed E-state index contributed by atoms with van der Waals surface area (Å²) >= 11 is 1.83. The fourth-order valence-corrected chi connectivity index (χ4v) is 2.89. The molecule has 0 aliphatic carbocycles. The Balaban J connectivity index is 2.07. The van der Waals surface area contributed by atoms with Crippen molar-refractivity contribution in [2.45, 2.75) is 12.5 Å². The number of carbonyl (C=O) groups is 1. The molecule has 1 aliphatic rings. The van der Waals surface area contributed by atoms with Crippen molar-refractivity contribution in [1.29, 1.82) is 0 Å². The number of carbonyl (C=O) groups excluding carboxylic acids is 1. The van der Waals surface area contributed by atoms with Gasteiger partial charge in [-0.3, -0.25) is 4.79 Å². The molecule has 0 radical (unpaired) electrons. The van der Waals surface area contributed by atoms with E-state index in [1.807, 2.05) is 11.8 Å². The lowest BCUT2D eigenvalue weighted by Crippen LogP contribution is -2.34. The fourth-order valence-electron chi connectivity index (χ4n) is 1.74. The molecule has 0 saturated carbocycles. The van der Waals surface area contributed by atoms with Crippen molar-refractivity contribution in [3.8, 4) is 11.5 Å². The van der Waals surface area contributed by atoms with Crippen molar-refractivity contribution in [3.63, 3.8) is 0 Å². The van der Waals surface area contributed by atoms with Gasteiger partial charge in [-0.1, -0.05) is 0 Å².